The van der Waals surface area contributed by atoms with E-state index in [0.29, 0.717) is 0 Å². The fraction of sp³-hybridized carbons (Fsp3) is 0.286. The van der Waals surface area contributed by atoms with Crippen molar-refractivity contribution in [2.75, 3.05) is 0 Å². The molecule has 0 saturated heterocycles. The summed E-state index contributed by atoms with van der Waals surface area (Å²) in [5.41, 5.74) is 4.64. The van der Waals surface area contributed by atoms with E-state index in [9.17, 15) is 5.11 Å². The molecule has 3 heteroatoms. The Morgan fingerprint density at radius 1 is 1.06 bits per heavy atom. The van der Waals surface area contributed by atoms with Crippen molar-refractivity contribution in [2.24, 2.45) is 0 Å². The molecule has 2 rings (SSSR count). The zero-order valence-electron chi connectivity index (χ0n) is 10.1. The van der Waals surface area contributed by atoms with Crippen LogP contribution < -0.4 is 0 Å². The van der Waals surface area contributed by atoms with Crippen molar-refractivity contribution in [1.82, 2.24) is 0 Å². The average molecular weight is 311 g/mol. The highest BCUT2D eigenvalue weighted by molar-refractivity contribution is 9.11. The zero-order chi connectivity index (χ0) is 12.6. The molecular weight excluding hydrogens is 296 g/mol. The van der Waals surface area contributed by atoms with E-state index in [2.05, 4.69) is 41.9 Å². The number of hydrogen-bond acceptors (Lipinski definition) is 2. The summed E-state index contributed by atoms with van der Waals surface area (Å²) in [6.45, 7) is 6.23. The van der Waals surface area contributed by atoms with Crippen molar-refractivity contribution in [2.45, 2.75) is 26.9 Å². The summed E-state index contributed by atoms with van der Waals surface area (Å²) in [4.78, 5) is 0.975. The summed E-state index contributed by atoms with van der Waals surface area (Å²) in [6.07, 6.45) is -0.523. The first-order valence-corrected chi connectivity index (χ1v) is 7.11. The summed E-state index contributed by atoms with van der Waals surface area (Å²) < 4.78 is 1.05. The van der Waals surface area contributed by atoms with E-state index in [-0.39, 0.29) is 0 Å². The molecule has 90 valence electrons. The minimum absolute atomic E-state index is 0.523. The van der Waals surface area contributed by atoms with Crippen LogP contribution in [0.2, 0.25) is 0 Å². The second kappa shape index (κ2) is 4.92. The maximum atomic E-state index is 10.4. The number of benzene rings is 1. The van der Waals surface area contributed by atoms with E-state index in [0.717, 1.165) is 19.8 Å². The van der Waals surface area contributed by atoms with Crippen LogP contribution in [0, 0.1) is 20.8 Å². The second-order valence-electron chi connectivity index (χ2n) is 4.34. The van der Waals surface area contributed by atoms with Crippen molar-refractivity contribution >= 4 is 27.3 Å². The molecule has 1 aromatic carbocycles. The fourth-order valence-electron chi connectivity index (χ4n) is 1.91. The molecule has 17 heavy (non-hydrogen) atoms. The summed E-state index contributed by atoms with van der Waals surface area (Å²) in [5, 5.41) is 10.4. The van der Waals surface area contributed by atoms with Gasteiger partial charge < -0.3 is 5.11 Å². The van der Waals surface area contributed by atoms with E-state index in [1.165, 1.54) is 11.1 Å². The lowest BCUT2D eigenvalue weighted by molar-refractivity contribution is 0.223. The van der Waals surface area contributed by atoms with Gasteiger partial charge in [0.25, 0.3) is 0 Å². The second-order valence-corrected chi connectivity index (χ2v) is 6.83. The summed E-state index contributed by atoms with van der Waals surface area (Å²) >= 11 is 5.00. The van der Waals surface area contributed by atoms with Gasteiger partial charge in [0.2, 0.25) is 0 Å². The molecular formula is C14H15BrOS. The molecule has 0 radical (unpaired) electrons. The van der Waals surface area contributed by atoms with Gasteiger partial charge in [0.05, 0.1) is 3.79 Å². The van der Waals surface area contributed by atoms with E-state index in [1.54, 1.807) is 11.3 Å². The normalized spacial score (nSPS) is 12.8. The van der Waals surface area contributed by atoms with Gasteiger partial charge in [0.1, 0.15) is 6.10 Å². The highest BCUT2D eigenvalue weighted by Gasteiger charge is 2.15. The molecule has 0 spiro atoms. The Labute approximate surface area is 114 Å². The molecule has 0 saturated carbocycles. The highest BCUT2D eigenvalue weighted by atomic mass is 79.9. The van der Waals surface area contributed by atoms with Gasteiger partial charge in [-0.2, -0.15) is 0 Å². The largest absolute Gasteiger partial charge is 0.383 e. The lowest BCUT2D eigenvalue weighted by Crippen LogP contribution is -2.01. The number of rotatable bonds is 2. The number of thiophene rings is 1. The molecule has 0 fully saturated rings. The molecule has 1 nitrogen and oxygen atoms in total. The lowest BCUT2D eigenvalue weighted by atomic mass is 9.96. The average Bonchev–Trinajstić information content (AvgIpc) is 2.69. The van der Waals surface area contributed by atoms with Gasteiger partial charge in [-0.3, -0.25) is 0 Å². The van der Waals surface area contributed by atoms with E-state index in [4.69, 9.17) is 0 Å². The van der Waals surface area contributed by atoms with E-state index >= 15 is 0 Å². The van der Waals surface area contributed by atoms with Crippen LogP contribution >= 0.6 is 27.3 Å². The molecule has 1 unspecified atom stereocenters. The number of aryl methyl sites for hydroxylation is 3. The topological polar surface area (TPSA) is 20.2 Å². The molecule has 0 aliphatic carbocycles. The maximum Gasteiger partial charge on any atom is 0.113 e. The lowest BCUT2D eigenvalue weighted by Gasteiger charge is -2.14. The Balaban J connectivity index is 2.43. The predicted octanol–water partition coefficient (Wildman–Crippen LogP) is 4.52. The van der Waals surface area contributed by atoms with Gasteiger partial charge in [0.15, 0.2) is 0 Å². The Bertz CT molecular complexity index is 545. The fourth-order valence-corrected chi connectivity index (χ4v) is 3.33. The number of aliphatic hydroxyl groups excluding tert-OH is 1. The molecule has 2 aromatic rings. The van der Waals surface area contributed by atoms with Crippen LogP contribution in [0.1, 0.15) is 33.2 Å². The standard InChI is InChI=1S/C14H15BrOS/c1-8-6-10(3)11(7-9(8)2)14(16)12-4-5-13(15)17-12/h4-7,14,16H,1-3H3. The van der Waals surface area contributed by atoms with Crippen LogP contribution in [-0.4, -0.2) is 5.11 Å². The van der Waals surface area contributed by atoms with Crippen LogP contribution in [0.4, 0.5) is 0 Å². The zero-order valence-corrected chi connectivity index (χ0v) is 12.5. The molecule has 1 N–H and O–H groups in total. The third-order valence-corrected chi connectivity index (χ3v) is 4.72. The number of halogens is 1. The van der Waals surface area contributed by atoms with Crippen molar-refractivity contribution in [3.05, 3.63) is 55.2 Å². The first-order chi connectivity index (χ1) is 7.99. The third-order valence-electron chi connectivity index (χ3n) is 3.04. The van der Waals surface area contributed by atoms with Gasteiger partial charge in [-0.05, 0) is 71.1 Å². The molecule has 0 aliphatic heterocycles. The van der Waals surface area contributed by atoms with Crippen LogP contribution in [-0.2, 0) is 0 Å². The minimum Gasteiger partial charge on any atom is -0.383 e. The number of aliphatic hydroxyl groups is 1. The van der Waals surface area contributed by atoms with Crippen molar-refractivity contribution in [1.29, 1.82) is 0 Å². The van der Waals surface area contributed by atoms with Gasteiger partial charge >= 0.3 is 0 Å². The number of hydrogen-bond donors (Lipinski definition) is 1. The Morgan fingerprint density at radius 2 is 1.71 bits per heavy atom. The van der Waals surface area contributed by atoms with Crippen molar-refractivity contribution in [3.8, 4) is 0 Å². The van der Waals surface area contributed by atoms with E-state index < -0.39 is 6.10 Å². The van der Waals surface area contributed by atoms with Crippen LogP contribution in [0.15, 0.2) is 28.1 Å². The first-order valence-electron chi connectivity index (χ1n) is 5.50. The SMILES string of the molecule is Cc1cc(C)c(C(O)c2ccc(Br)s2)cc1C. The van der Waals surface area contributed by atoms with Gasteiger partial charge in [-0.15, -0.1) is 11.3 Å². The monoisotopic (exact) mass is 310 g/mol. The molecule has 1 heterocycles. The van der Waals surface area contributed by atoms with Crippen molar-refractivity contribution < 1.29 is 5.11 Å². The smallest absolute Gasteiger partial charge is 0.113 e. The van der Waals surface area contributed by atoms with Gasteiger partial charge in [-0.1, -0.05) is 12.1 Å². The van der Waals surface area contributed by atoms with Crippen LogP contribution in [0.5, 0.6) is 0 Å². The quantitative estimate of drug-likeness (QED) is 0.864. The van der Waals surface area contributed by atoms with Crippen LogP contribution in [0.3, 0.4) is 0 Å². The molecule has 0 aliphatic rings. The third kappa shape index (κ3) is 2.62. The highest BCUT2D eigenvalue weighted by Crippen LogP contribution is 2.33. The molecule has 0 amide bonds. The maximum absolute atomic E-state index is 10.4. The molecule has 1 atom stereocenters. The molecule has 1 aromatic heterocycles. The Hall–Kier alpha value is -0.640. The summed E-state index contributed by atoms with van der Waals surface area (Å²) in [7, 11) is 0. The first kappa shape index (κ1) is 12.8. The molecule has 0 bridgehead atoms. The van der Waals surface area contributed by atoms with E-state index in [1.807, 2.05) is 19.1 Å². The van der Waals surface area contributed by atoms with Gasteiger partial charge in [0, 0.05) is 4.88 Å². The Kier molecular flexibility index (Phi) is 3.71. The summed E-state index contributed by atoms with van der Waals surface area (Å²) in [6, 6.07) is 8.16. The predicted molar refractivity (Wildman–Crippen MR) is 76.7 cm³/mol. The Morgan fingerprint density at radius 3 is 2.29 bits per heavy atom. The van der Waals surface area contributed by atoms with Gasteiger partial charge in [-0.25, -0.2) is 0 Å². The van der Waals surface area contributed by atoms with Crippen molar-refractivity contribution in [3.63, 3.8) is 0 Å². The minimum atomic E-state index is -0.523. The van der Waals surface area contributed by atoms with Crippen LogP contribution in [0.25, 0.3) is 0 Å². The summed E-state index contributed by atoms with van der Waals surface area (Å²) in [5.74, 6) is 0.